The quantitative estimate of drug-likeness (QED) is 0.774. The molecule has 2 heterocycles. The molecule has 1 saturated heterocycles. The van der Waals surface area contributed by atoms with Gasteiger partial charge in [-0.1, -0.05) is 0 Å². The van der Waals surface area contributed by atoms with Gasteiger partial charge in [-0.25, -0.2) is 4.98 Å². The predicted octanol–water partition coefficient (Wildman–Crippen LogP) is 0.359. The molecular weight excluding hydrogens is 322 g/mol. The first kappa shape index (κ1) is 17.4. The van der Waals surface area contributed by atoms with Crippen LogP contribution in [0.3, 0.4) is 0 Å². The zero-order chi connectivity index (χ0) is 18.0. The summed E-state index contributed by atoms with van der Waals surface area (Å²) < 4.78 is 5.48. The summed E-state index contributed by atoms with van der Waals surface area (Å²) in [7, 11) is 1.58. The minimum Gasteiger partial charge on any atom is -0.478 e. The minimum atomic E-state index is -0.821. The maximum atomic E-state index is 12.7. The summed E-state index contributed by atoms with van der Waals surface area (Å²) in [6.07, 6.45) is 1.29. The lowest BCUT2D eigenvalue weighted by Gasteiger charge is -2.36. The Labute approximate surface area is 147 Å². The van der Waals surface area contributed by atoms with Gasteiger partial charge in [-0.05, 0) is 26.7 Å². The van der Waals surface area contributed by atoms with E-state index in [0.29, 0.717) is 57.5 Å². The maximum absolute atomic E-state index is 12.7. The van der Waals surface area contributed by atoms with Crippen LogP contribution in [0, 0.1) is 12.3 Å². The number of aromatic nitrogens is 2. The molecule has 0 aromatic carbocycles. The van der Waals surface area contributed by atoms with Crippen molar-refractivity contribution in [3.63, 3.8) is 0 Å². The molecule has 8 nitrogen and oxygen atoms in total. The fraction of sp³-hybridized carbons (Fsp3) is 0.647. The van der Waals surface area contributed by atoms with E-state index >= 15 is 0 Å². The highest BCUT2D eigenvalue weighted by atomic mass is 16.5. The van der Waals surface area contributed by atoms with E-state index in [1.807, 2.05) is 19.9 Å². The fourth-order valence-electron chi connectivity index (χ4n) is 3.20. The highest BCUT2D eigenvalue weighted by Crippen LogP contribution is 2.47. The SMILES string of the molecule is CCOc1cc(C)nc(N2CCN(C(=O)C3(C(=O)NC)CC3)CC2)n1. The average Bonchev–Trinajstić information content (AvgIpc) is 3.42. The lowest BCUT2D eigenvalue weighted by molar-refractivity contribution is -0.144. The largest absolute Gasteiger partial charge is 0.478 e. The second-order valence-electron chi connectivity index (χ2n) is 6.52. The molecule has 1 N–H and O–H groups in total. The van der Waals surface area contributed by atoms with E-state index in [1.54, 1.807) is 11.9 Å². The Morgan fingerprint density at radius 1 is 1.24 bits per heavy atom. The van der Waals surface area contributed by atoms with Crippen LogP contribution < -0.4 is 15.0 Å². The Balaban J connectivity index is 1.64. The first-order valence-corrected chi connectivity index (χ1v) is 8.75. The van der Waals surface area contributed by atoms with Crippen LogP contribution in [0.2, 0.25) is 0 Å². The molecule has 136 valence electrons. The third-order valence-corrected chi connectivity index (χ3v) is 4.78. The second kappa shape index (κ2) is 6.85. The molecule has 25 heavy (non-hydrogen) atoms. The number of nitrogens with one attached hydrogen (secondary N) is 1. The summed E-state index contributed by atoms with van der Waals surface area (Å²) in [5.74, 6) is 0.984. The molecule has 1 aliphatic heterocycles. The van der Waals surface area contributed by atoms with Crippen LogP contribution in [-0.2, 0) is 9.59 Å². The average molecular weight is 347 g/mol. The van der Waals surface area contributed by atoms with Crippen LogP contribution >= 0.6 is 0 Å². The fourth-order valence-corrected chi connectivity index (χ4v) is 3.20. The maximum Gasteiger partial charge on any atom is 0.238 e. The summed E-state index contributed by atoms with van der Waals surface area (Å²) in [4.78, 5) is 37.5. The number of carbonyl (C=O) groups is 2. The topological polar surface area (TPSA) is 87.7 Å². The predicted molar refractivity (Wildman–Crippen MR) is 92.5 cm³/mol. The molecule has 3 rings (SSSR count). The van der Waals surface area contributed by atoms with Gasteiger partial charge in [0.1, 0.15) is 5.41 Å². The molecule has 1 saturated carbocycles. The van der Waals surface area contributed by atoms with Crippen LogP contribution in [0.25, 0.3) is 0 Å². The van der Waals surface area contributed by atoms with Gasteiger partial charge in [-0.2, -0.15) is 4.98 Å². The summed E-state index contributed by atoms with van der Waals surface area (Å²) in [5.41, 5.74) is 0.0299. The van der Waals surface area contributed by atoms with Crippen molar-refractivity contribution in [1.29, 1.82) is 0 Å². The number of anilines is 1. The zero-order valence-electron chi connectivity index (χ0n) is 15.0. The molecule has 2 aliphatic rings. The van der Waals surface area contributed by atoms with E-state index in [9.17, 15) is 9.59 Å². The third-order valence-electron chi connectivity index (χ3n) is 4.78. The van der Waals surface area contributed by atoms with E-state index in [1.165, 1.54) is 0 Å². The van der Waals surface area contributed by atoms with E-state index in [0.717, 1.165) is 5.69 Å². The van der Waals surface area contributed by atoms with E-state index < -0.39 is 5.41 Å². The first-order valence-electron chi connectivity index (χ1n) is 8.75. The molecule has 0 radical (unpaired) electrons. The number of aryl methyl sites for hydroxylation is 1. The highest BCUT2D eigenvalue weighted by molar-refractivity contribution is 6.07. The Morgan fingerprint density at radius 3 is 2.48 bits per heavy atom. The van der Waals surface area contributed by atoms with E-state index in [4.69, 9.17) is 4.74 Å². The van der Waals surface area contributed by atoms with Gasteiger partial charge in [0.2, 0.25) is 23.6 Å². The summed E-state index contributed by atoms with van der Waals surface area (Å²) in [6, 6.07) is 1.81. The van der Waals surface area contributed by atoms with Gasteiger partial charge in [-0.15, -0.1) is 0 Å². The standard InChI is InChI=1S/C17H25N5O3/c1-4-25-13-11-12(2)19-16(20-13)22-9-7-21(8-10-22)15(24)17(5-6-17)14(23)18-3/h11H,4-10H2,1-3H3,(H,18,23). The van der Waals surface area contributed by atoms with Gasteiger partial charge >= 0.3 is 0 Å². The Hall–Kier alpha value is -2.38. The number of ether oxygens (including phenoxy) is 1. The number of amides is 2. The van der Waals surface area contributed by atoms with E-state index in [2.05, 4.69) is 20.2 Å². The molecule has 0 unspecified atom stereocenters. The number of carbonyl (C=O) groups excluding carboxylic acids is 2. The molecule has 1 aliphatic carbocycles. The minimum absolute atomic E-state index is 0.0494. The zero-order valence-corrected chi connectivity index (χ0v) is 15.0. The molecule has 0 spiro atoms. The lowest BCUT2D eigenvalue weighted by atomic mass is 10.0. The van der Waals surface area contributed by atoms with Crippen LogP contribution in [0.5, 0.6) is 5.88 Å². The normalized spacial score (nSPS) is 18.7. The van der Waals surface area contributed by atoms with Gasteiger partial charge in [-0.3, -0.25) is 9.59 Å². The number of nitrogens with zero attached hydrogens (tertiary/aromatic N) is 4. The first-order chi connectivity index (χ1) is 12.0. The summed E-state index contributed by atoms with van der Waals surface area (Å²) >= 11 is 0. The molecular formula is C17H25N5O3. The van der Waals surface area contributed by atoms with Gasteiger partial charge in [0.25, 0.3) is 0 Å². The summed E-state index contributed by atoms with van der Waals surface area (Å²) in [5, 5.41) is 2.62. The number of piperazine rings is 1. The highest BCUT2D eigenvalue weighted by Gasteiger charge is 2.57. The van der Waals surface area contributed by atoms with Gasteiger partial charge in [0.15, 0.2) is 0 Å². The smallest absolute Gasteiger partial charge is 0.238 e. The lowest BCUT2D eigenvalue weighted by Crippen LogP contribution is -2.53. The van der Waals surface area contributed by atoms with Crippen LogP contribution in [0.4, 0.5) is 5.95 Å². The Bertz CT molecular complexity index is 666. The number of rotatable bonds is 5. The third kappa shape index (κ3) is 3.38. The Kier molecular flexibility index (Phi) is 4.78. The van der Waals surface area contributed by atoms with Crippen molar-refractivity contribution in [3.8, 4) is 5.88 Å². The monoisotopic (exact) mass is 347 g/mol. The molecule has 0 atom stereocenters. The van der Waals surface area contributed by atoms with Crippen LogP contribution in [0.1, 0.15) is 25.5 Å². The second-order valence-corrected chi connectivity index (χ2v) is 6.52. The van der Waals surface area contributed by atoms with Gasteiger partial charge in [0.05, 0.1) is 6.61 Å². The number of hydrogen-bond donors (Lipinski definition) is 1. The molecule has 2 fully saturated rings. The molecule has 1 aromatic rings. The van der Waals surface area contributed by atoms with Crippen molar-refractivity contribution in [2.75, 3.05) is 44.7 Å². The molecule has 8 heteroatoms. The van der Waals surface area contributed by atoms with Crippen molar-refractivity contribution < 1.29 is 14.3 Å². The molecule has 2 amide bonds. The van der Waals surface area contributed by atoms with E-state index in [-0.39, 0.29) is 11.8 Å². The van der Waals surface area contributed by atoms with Crippen LogP contribution in [-0.4, -0.2) is 66.5 Å². The van der Waals surface area contributed by atoms with Crippen molar-refractivity contribution >= 4 is 17.8 Å². The molecule has 0 bridgehead atoms. The summed E-state index contributed by atoms with van der Waals surface area (Å²) in [6.45, 7) is 6.81. The van der Waals surface area contributed by atoms with Crippen LogP contribution in [0.15, 0.2) is 6.07 Å². The van der Waals surface area contributed by atoms with Gasteiger partial charge < -0.3 is 19.9 Å². The number of hydrogen-bond acceptors (Lipinski definition) is 6. The van der Waals surface area contributed by atoms with Crippen molar-refractivity contribution in [2.24, 2.45) is 5.41 Å². The van der Waals surface area contributed by atoms with Gasteiger partial charge in [0, 0.05) is 45.0 Å². The molecule has 1 aromatic heterocycles. The van der Waals surface area contributed by atoms with Crippen molar-refractivity contribution in [3.05, 3.63) is 11.8 Å². The Morgan fingerprint density at radius 2 is 1.92 bits per heavy atom. The van der Waals surface area contributed by atoms with Crippen molar-refractivity contribution in [2.45, 2.75) is 26.7 Å². The van der Waals surface area contributed by atoms with Crippen molar-refractivity contribution in [1.82, 2.24) is 20.2 Å².